The lowest BCUT2D eigenvalue weighted by Crippen LogP contribution is -2.41. The van der Waals surface area contributed by atoms with E-state index in [1.54, 1.807) is 22.9 Å². The van der Waals surface area contributed by atoms with Gasteiger partial charge >= 0.3 is 0 Å². The Hall–Kier alpha value is -2.88. The molecule has 2 N–H and O–H groups in total. The number of halogens is 1. The summed E-state index contributed by atoms with van der Waals surface area (Å²) in [5.41, 5.74) is 6.54. The predicted octanol–water partition coefficient (Wildman–Crippen LogP) is 1.84. The van der Waals surface area contributed by atoms with Crippen molar-refractivity contribution in [2.45, 2.75) is 19.4 Å². The fraction of sp³-hybridized carbons (Fsp3) is 0.389. The van der Waals surface area contributed by atoms with E-state index >= 15 is 0 Å². The van der Waals surface area contributed by atoms with Gasteiger partial charge in [-0.15, -0.1) is 0 Å². The quantitative estimate of drug-likeness (QED) is 0.653. The normalized spacial score (nSPS) is 17.8. The van der Waals surface area contributed by atoms with Gasteiger partial charge in [0.05, 0.1) is 6.04 Å². The van der Waals surface area contributed by atoms with Gasteiger partial charge < -0.3 is 15.5 Å². The average molecular weight is 343 g/mol. The number of hydrogen-bond acceptors (Lipinski definition) is 5. The molecule has 1 amide bonds. The molecule has 25 heavy (non-hydrogen) atoms. The zero-order valence-corrected chi connectivity index (χ0v) is 14.4. The van der Waals surface area contributed by atoms with Crippen LogP contribution in [-0.4, -0.2) is 54.6 Å². The smallest absolute Gasteiger partial charge is 0.254 e. The van der Waals surface area contributed by atoms with E-state index in [9.17, 15) is 9.18 Å². The third kappa shape index (κ3) is 3.97. The summed E-state index contributed by atoms with van der Waals surface area (Å²) < 4.78 is 14.5. The first-order chi connectivity index (χ1) is 12.0. The van der Waals surface area contributed by atoms with Gasteiger partial charge in [-0.3, -0.25) is 9.79 Å². The standard InChI is InChI=1S/C18H22FN5O/c1-3-24(15-6-7-23(11-15)12-21)18(25)13-4-5-16(17(19)8-13)14(9-20)10-22-2/h4-5,8-10,15H,3,6-7,11,20H2,1-2H3/t15-/m1/s1. The number of nitrogens with zero attached hydrogens (tertiary/aromatic N) is 4. The summed E-state index contributed by atoms with van der Waals surface area (Å²) >= 11 is 0. The summed E-state index contributed by atoms with van der Waals surface area (Å²) in [6.07, 6.45) is 5.58. The van der Waals surface area contributed by atoms with Crippen molar-refractivity contribution in [2.24, 2.45) is 10.7 Å². The van der Waals surface area contributed by atoms with Crippen LogP contribution in [0.2, 0.25) is 0 Å². The minimum atomic E-state index is -0.524. The number of aliphatic imine (C=N–C) groups is 1. The number of carbonyl (C=O) groups is 1. The maximum Gasteiger partial charge on any atom is 0.254 e. The highest BCUT2D eigenvalue weighted by Crippen LogP contribution is 2.21. The van der Waals surface area contributed by atoms with Crippen molar-refractivity contribution >= 4 is 17.7 Å². The van der Waals surface area contributed by atoms with Crippen molar-refractivity contribution in [1.29, 1.82) is 5.26 Å². The molecule has 1 heterocycles. The summed E-state index contributed by atoms with van der Waals surface area (Å²) in [5.74, 6) is -0.760. The molecule has 2 rings (SSSR count). The summed E-state index contributed by atoms with van der Waals surface area (Å²) in [4.78, 5) is 19.9. The Kier molecular flexibility index (Phi) is 6.12. The minimum absolute atomic E-state index is 0.0355. The molecular formula is C18H22FN5O. The SMILES string of the molecule is CCN(C(=O)c1ccc(C(C=NC)=CN)c(F)c1)[C@@H]1CCN(C#N)C1. The number of rotatable bonds is 5. The maximum absolute atomic E-state index is 14.5. The van der Waals surface area contributed by atoms with Gasteiger partial charge in [-0.2, -0.15) is 5.26 Å². The summed E-state index contributed by atoms with van der Waals surface area (Å²) in [5, 5.41) is 8.98. The van der Waals surface area contributed by atoms with Gasteiger partial charge in [-0.1, -0.05) is 6.07 Å². The third-order valence-electron chi connectivity index (χ3n) is 4.32. The van der Waals surface area contributed by atoms with Crippen LogP contribution in [0.1, 0.15) is 29.3 Å². The Bertz CT molecular complexity index is 737. The number of allylic oxidation sites excluding steroid dienone is 1. The second-order valence-corrected chi connectivity index (χ2v) is 5.78. The molecule has 1 aromatic carbocycles. The van der Waals surface area contributed by atoms with Crippen LogP contribution in [-0.2, 0) is 0 Å². The van der Waals surface area contributed by atoms with E-state index in [1.165, 1.54) is 24.5 Å². The molecule has 132 valence electrons. The molecule has 0 bridgehead atoms. The first-order valence-electron chi connectivity index (χ1n) is 8.15. The molecule has 0 spiro atoms. The van der Waals surface area contributed by atoms with Gasteiger partial charge in [0.25, 0.3) is 5.91 Å². The fourth-order valence-electron chi connectivity index (χ4n) is 3.04. The van der Waals surface area contributed by atoms with Crippen LogP contribution in [0.5, 0.6) is 0 Å². The molecule has 1 aliphatic rings. The van der Waals surface area contributed by atoms with Crippen molar-refractivity contribution in [1.82, 2.24) is 9.80 Å². The highest BCUT2D eigenvalue weighted by Gasteiger charge is 2.30. The van der Waals surface area contributed by atoms with Gasteiger partial charge in [0.1, 0.15) is 5.82 Å². The molecule has 0 radical (unpaired) electrons. The van der Waals surface area contributed by atoms with E-state index < -0.39 is 5.82 Å². The summed E-state index contributed by atoms with van der Waals surface area (Å²) in [7, 11) is 1.57. The van der Waals surface area contributed by atoms with Crippen molar-refractivity contribution in [3.63, 3.8) is 0 Å². The molecule has 0 aliphatic carbocycles. The van der Waals surface area contributed by atoms with E-state index in [0.717, 1.165) is 6.42 Å². The van der Waals surface area contributed by atoms with Crippen LogP contribution < -0.4 is 5.73 Å². The Morgan fingerprint density at radius 3 is 2.88 bits per heavy atom. The van der Waals surface area contributed by atoms with Crippen LogP contribution in [0.4, 0.5) is 4.39 Å². The second kappa shape index (κ2) is 8.29. The molecule has 7 heteroatoms. The second-order valence-electron chi connectivity index (χ2n) is 5.78. The van der Waals surface area contributed by atoms with Gasteiger partial charge in [0.2, 0.25) is 0 Å². The number of carbonyl (C=O) groups excluding carboxylic acids is 1. The lowest BCUT2D eigenvalue weighted by atomic mass is 10.0. The molecular weight excluding hydrogens is 321 g/mol. The highest BCUT2D eigenvalue weighted by atomic mass is 19.1. The first kappa shape index (κ1) is 18.5. The molecule has 1 aromatic rings. The third-order valence-corrected chi connectivity index (χ3v) is 4.32. The maximum atomic E-state index is 14.5. The molecule has 1 saturated heterocycles. The number of benzene rings is 1. The van der Waals surface area contributed by atoms with E-state index in [0.29, 0.717) is 30.8 Å². The van der Waals surface area contributed by atoms with Crippen molar-refractivity contribution in [3.8, 4) is 6.19 Å². The van der Waals surface area contributed by atoms with Gasteiger partial charge in [-0.25, -0.2) is 4.39 Å². The average Bonchev–Trinajstić information content (AvgIpc) is 3.09. The molecule has 0 saturated carbocycles. The Balaban J connectivity index is 2.24. The number of likely N-dealkylation sites (N-methyl/N-ethyl adjacent to an activating group) is 1. The first-order valence-corrected chi connectivity index (χ1v) is 8.15. The molecule has 1 aliphatic heterocycles. The van der Waals surface area contributed by atoms with Crippen molar-refractivity contribution in [3.05, 3.63) is 41.3 Å². The van der Waals surface area contributed by atoms with E-state index in [-0.39, 0.29) is 17.5 Å². The molecule has 0 unspecified atom stereocenters. The molecule has 6 nitrogen and oxygen atoms in total. The number of nitrogens with two attached hydrogens (primary N) is 1. The minimum Gasteiger partial charge on any atom is -0.404 e. The monoisotopic (exact) mass is 343 g/mol. The number of hydrogen-bond donors (Lipinski definition) is 1. The van der Waals surface area contributed by atoms with Gasteiger partial charge in [0, 0.05) is 55.8 Å². The number of nitriles is 1. The number of amides is 1. The largest absolute Gasteiger partial charge is 0.404 e. The molecule has 0 aromatic heterocycles. The number of likely N-dealkylation sites (tertiary alicyclic amines) is 1. The topological polar surface area (TPSA) is 85.7 Å². The molecule has 1 atom stereocenters. The highest BCUT2D eigenvalue weighted by molar-refractivity contribution is 6.10. The van der Waals surface area contributed by atoms with E-state index in [1.807, 2.05) is 6.92 Å². The van der Waals surface area contributed by atoms with Crippen LogP contribution in [0.3, 0.4) is 0 Å². The van der Waals surface area contributed by atoms with Crippen LogP contribution in [0, 0.1) is 17.3 Å². The van der Waals surface area contributed by atoms with Gasteiger partial charge in [0.15, 0.2) is 6.19 Å². The van der Waals surface area contributed by atoms with Crippen molar-refractivity contribution < 1.29 is 9.18 Å². The van der Waals surface area contributed by atoms with E-state index in [4.69, 9.17) is 11.0 Å². The van der Waals surface area contributed by atoms with Crippen LogP contribution in [0.15, 0.2) is 29.4 Å². The zero-order valence-electron chi connectivity index (χ0n) is 14.4. The lowest BCUT2D eigenvalue weighted by molar-refractivity contribution is 0.0698. The van der Waals surface area contributed by atoms with Crippen LogP contribution in [0.25, 0.3) is 5.57 Å². The summed E-state index contributed by atoms with van der Waals surface area (Å²) in [6.45, 7) is 3.54. The Morgan fingerprint density at radius 1 is 1.60 bits per heavy atom. The van der Waals surface area contributed by atoms with Gasteiger partial charge in [-0.05, 0) is 25.5 Å². The van der Waals surface area contributed by atoms with Crippen LogP contribution >= 0.6 is 0 Å². The van der Waals surface area contributed by atoms with Crippen molar-refractivity contribution in [2.75, 3.05) is 26.7 Å². The lowest BCUT2D eigenvalue weighted by Gasteiger charge is -2.27. The predicted molar refractivity (Wildman–Crippen MR) is 95.3 cm³/mol. The Labute approximate surface area is 147 Å². The summed E-state index contributed by atoms with van der Waals surface area (Å²) in [6, 6.07) is 4.32. The molecule has 1 fully saturated rings. The van der Waals surface area contributed by atoms with E-state index in [2.05, 4.69) is 11.2 Å². The Morgan fingerprint density at radius 2 is 2.36 bits per heavy atom. The fourth-order valence-corrected chi connectivity index (χ4v) is 3.04. The zero-order chi connectivity index (χ0) is 18.4.